The minimum absolute atomic E-state index is 0.445. The van der Waals surface area contributed by atoms with Gasteiger partial charge in [-0.3, -0.25) is 0 Å². The minimum Gasteiger partial charge on any atom is -0.389 e. The van der Waals surface area contributed by atoms with E-state index < -0.39 is 6.10 Å². The number of benzene rings is 2. The SMILES string of the molecule is CCc1cccc(-n2nnc3cnc(Nc4cccc(C(C)O)c4)nc32)c1. The summed E-state index contributed by atoms with van der Waals surface area (Å²) in [5, 5.41) is 21.3. The summed E-state index contributed by atoms with van der Waals surface area (Å²) in [6, 6.07) is 15.7. The van der Waals surface area contributed by atoms with Crippen LogP contribution in [0.3, 0.4) is 0 Å². The fourth-order valence-electron chi connectivity index (χ4n) is 2.88. The third kappa shape index (κ3) is 3.50. The summed E-state index contributed by atoms with van der Waals surface area (Å²) in [6.07, 6.45) is 2.06. The van der Waals surface area contributed by atoms with E-state index in [1.807, 2.05) is 36.4 Å². The average molecular weight is 360 g/mol. The van der Waals surface area contributed by atoms with Crippen LogP contribution in [0.25, 0.3) is 16.9 Å². The summed E-state index contributed by atoms with van der Waals surface area (Å²) >= 11 is 0. The Morgan fingerprint density at radius 2 is 2.00 bits per heavy atom. The van der Waals surface area contributed by atoms with Gasteiger partial charge in [-0.05, 0) is 48.7 Å². The molecule has 27 heavy (non-hydrogen) atoms. The van der Waals surface area contributed by atoms with Crippen LogP contribution in [0.15, 0.2) is 54.7 Å². The van der Waals surface area contributed by atoms with Crippen LogP contribution in [0, 0.1) is 0 Å². The molecule has 136 valence electrons. The van der Waals surface area contributed by atoms with Gasteiger partial charge >= 0.3 is 0 Å². The van der Waals surface area contributed by atoms with Gasteiger partial charge in [0.2, 0.25) is 5.95 Å². The molecule has 2 aromatic carbocycles. The molecule has 7 nitrogen and oxygen atoms in total. The average Bonchev–Trinajstić information content (AvgIpc) is 3.11. The molecule has 1 atom stereocenters. The Balaban J connectivity index is 1.70. The Labute approximate surface area is 156 Å². The molecule has 1 unspecified atom stereocenters. The van der Waals surface area contributed by atoms with E-state index in [4.69, 9.17) is 0 Å². The molecule has 0 fully saturated rings. The van der Waals surface area contributed by atoms with Gasteiger partial charge in [0.05, 0.1) is 18.0 Å². The third-order valence-corrected chi connectivity index (χ3v) is 4.38. The maximum absolute atomic E-state index is 9.75. The third-order valence-electron chi connectivity index (χ3n) is 4.38. The number of nitrogens with zero attached hydrogens (tertiary/aromatic N) is 5. The molecule has 2 N–H and O–H groups in total. The van der Waals surface area contributed by atoms with Crippen molar-refractivity contribution in [3.05, 3.63) is 65.9 Å². The lowest BCUT2D eigenvalue weighted by Gasteiger charge is -2.09. The molecule has 4 rings (SSSR count). The van der Waals surface area contributed by atoms with Crippen molar-refractivity contribution in [3.63, 3.8) is 0 Å². The highest BCUT2D eigenvalue weighted by molar-refractivity contribution is 5.72. The first-order valence-corrected chi connectivity index (χ1v) is 8.87. The Bertz CT molecular complexity index is 1090. The minimum atomic E-state index is -0.536. The maximum Gasteiger partial charge on any atom is 0.229 e. The summed E-state index contributed by atoms with van der Waals surface area (Å²) < 4.78 is 1.72. The van der Waals surface area contributed by atoms with Crippen molar-refractivity contribution in [2.45, 2.75) is 26.4 Å². The van der Waals surface area contributed by atoms with E-state index in [2.05, 4.69) is 44.7 Å². The van der Waals surface area contributed by atoms with Crippen molar-refractivity contribution < 1.29 is 5.11 Å². The van der Waals surface area contributed by atoms with Gasteiger partial charge in [0.25, 0.3) is 0 Å². The quantitative estimate of drug-likeness (QED) is 0.566. The fraction of sp³-hybridized carbons (Fsp3) is 0.200. The number of anilines is 2. The van der Waals surface area contributed by atoms with Gasteiger partial charge in [0, 0.05) is 5.69 Å². The molecule has 2 heterocycles. The van der Waals surface area contributed by atoms with Gasteiger partial charge < -0.3 is 10.4 Å². The van der Waals surface area contributed by atoms with Gasteiger partial charge in [0.15, 0.2) is 11.2 Å². The van der Waals surface area contributed by atoms with Crippen LogP contribution in [0.5, 0.6) is 0 Å². The zero-order valence-corrected chi connectivity index (χ0v) is 15.2. The molecule has 7 heteroatoms. The zero-order chi connectivity index (χ0) is 18.8. The van der Waals surface area contributed by atoms with Gasteiger partial charge in [0.1, 0.15) is 0 Å². The fourth-order valence-corrected chi connectivity index (χ4v) is 2.88. The smallest absolute Gasteiger partial charge is 0.229 e. The molecule has 0 aliphatic rings. The summed E-state index contributed by atoms with van der Waals surface area (Å²) in [5.41, 5.74) is 5.02. The second-order valence-corrected chi connectivity index (χ2v) is 6.35. The van der Waals surface area contributed by atoms with Crippen molar-refractivity contribution >= 4 is 22.8 Å². The molecule has 0 saturated carbocycles. The van der Waals surface area contributed by atoms with Crippen LogP contribution in [-0.2, 0) is 6.42 Å². The lowest BCUT2D eigenvalue weighted by molar-refractivity contribution is 0.199. The number of aromatic nitrogens is 5. The molecule has 2 aromatic heterocycles. The molecule has 0 aliphatic carbocycles. The zero-order valence-electron chi connectivity index (χ0n) is 15.2. The summed E-state index contributed by atoms with van der Waals surface area (Å²) in [6.45, 7) is 3.85. The van der Waals surface area contributed by atoms with Crippen molar-refractivity contribution in [3.8, 4) is 5.69 Å². The standard InChI is InChI=1S/C20H20N6O/c1-3-14-6-4-9-17(10-14)26-19-18(24-25-26)12-21-20(23-19)22-16-8-5-7-15(11-16)13(2)27/h4-13,27H,3H2,1-2H3,(H,21,22,23). The first-order chi connectivity index (χ1) is 13.1. The Kier molecular flexibility index (Phi) is 4.52. The highest BCUT2D eigenvalue weighted by Gasteiger charge is 2.11. The van der Waals surface area contributed by atoms with Gasteiger partial charge in [-0.1, -0.05) is 36.4 Å². The second kappa shape index (κ2) is 7.13. The molecule has 0 radical (unpaired) electrons. The van der Waals surface area contributed by atoms with Gasteiger partial charge in [-0.15, -0.1) is 5.10 Å². The van der Waals surface area contributed by atoms with E-state index in [-0.39, 0.29) is 0 Å². The first-order valence-electron chi connectivity index (χ1n) is 8.87. The molecular formula is C20H20N6O. The molecule has 0 aliphatic heterocycles. The van der Waals surface area contributed by atoms with Crippen molar-refractivity contribution in [2.75, 3.05) is 5.32 Å². The molecule has 4 aromatic rings. The monoisotopic (exact) mass is 360 g/mol. The predicted octanol–water partition coefficient (Wildman–Crippen LogP) is 3.57. The highest BCUT2D eigenvalue weighted by atomic mass is 16.3. The van der Waals surface area contributed by atoms with E-state index in [9.17, 15) is 5.11 Å². The van der Waals surface area contributed by atoms with Gasteiger partial charge in [-0.25, -0.2) is 4.98 Å². The van der Waals surface area contributed by atoms with Gasteiger partial charge in [-0.2, -0.15) is 9.67 Å². The van der Waals surface area contributed by atoms with Crippen LogP contribution in [0.2, 0.25) is 0 Å². The van der Waals surface area contributed by atoms with Crippen molar-refractivity contribution in [1.29, 1.82) is 0 Å². The number of hydrogen-bond acceptors (Lipinski definition) is 6. The topological polar surface area (TPSA) is 88.8 Å². The van der Waals surface area contributed by atoms with Crippen LogP contribution >= 0.6 is 0 Å². The first kappa shape index (κ1) is 17.1. The van der Waals surface area contributed by atoms with Crippen LogP contribution in [0.4, 0.5) is 11.6 Å². The lowest BCUT2D eigenvalue weighted by Crippen LogP contribution is -2.02. The van der Waals surface area contributed by atoms with E-state index in [0.717, 1.165) is 23.4 Å². The summed E-state index contributed by atoms with van der Waals surface area (Å²) in [4.78, 5) is 8.91. The normalized spacial score (nSPS) is 12.3. The van der Waals surface area contributed by atoms with E-state index in [1.54, 1.807) is 17.8 Å². The van der Waals surface area contributed by atoms with E-state index in [1.165, 1.54) is 5.56 Å². The molecule has 0 saturated heterocycles. The molecule has 0 spiro atoms. The lowest BCUT2D eigenvalue weighted by atomic mass is 10.1. The van der Waals surface area contributed by atoms with E-state index >= 15 is 0 Å². The number of aryl methyl sites for hydroxylation is 1. The molecular weight excluding hydrogens is 340 g/mol. The van der Waals surface area contributed by atoms with Crippen LogP contribution < -0.4 is 5.32 Å². The highest BCUT2D eigenvalue weighted by Crippen LogP contribution is 2.21. The largest absolute Gasteiger partial charge is 0.389 e. The predicted molar refractivity (Wildman–Crippen MR) is 104 cm³/mol. The van der Waals surface area contributed by atoms with Crippen LogP contribution in [-0.4, -0.2) is 30.1 Å². The maximum atomic E-state index is 9.75. The number of fused-ring (bicyclic) bond motifs is 1. The summed E-state index contributed by atoms with van der Waals surface area (Å²) in [7, 11) is 0. The molecule has 0 amide bonds. The van der Waals surface area contributed by atoms with Crippen LogP contribution in [0.1, 0.15) is 31.1 Å². The number of hydrogen-bond donors (Lipinski definition) is 2. The number of rotatable bonds is 5. The second-order valence-electron chi connectivity index (χ2n) is 6.35. The number of nitrogens with one attached hydrogen (secondary N) is 1. The number of aliphatic hydroxyl groups is 1. The Morgan fingerprint density at radius 1 is 1.15 bits per heavy atom. The Hall–Kier alpha value is -3.32. The van der Waals surface area contributed by atoms with Crippen molar-refractivity contribution in [2.24, 2.45) is 0 Å². The van der Waals surface area contributed by atoms with E-state index in [0.29, 0.717) is 17.1 Å². The molecule has 0 bridgehead atoms. The summed E-state index contributed by atoms with van der Waals surface area (Å²) in [5.74, 6) is 0.445. The Morgan fingerprint density at radius 3 is 2.81 bits per heavy atom. The van der Waals surface area contributed by atoms with Crippen molar-refractivity contribution in [1.82, 2.24) is 25.0 Å². The number of aliphatic hydroxyl groups excluding tert-OH is 1.